The molecule has 0 aliphatic rings. The number of halogens is 2. The maximum atomic E-state index is 11.5. The van der Waals surface area contributed by atoms with Crippen LogP contribution < -0.4 is 11.2 Å². The number of nitro benzene ring substituents is 1. The van der Waals surface area contributed by atoms with Crippen molar-refractivity contribution < 1.29 is 9.85 Å². The van der Waals surface area contributed by atoms with E-state index in [1.165, 1.54) is 6.07 Å². The molecule has 124 valence electrons. The largest absolute Gasteiger partial charge is 0.357 e. The van der Waals surface area contributed by atoms with E-state index in [-0.39, 0.29) is 15.6 Å². The lowest BCUT2D eigenvalue weighted by atomic mass is 10.1. The molecule has 0 atom stereocenters. The molecule has 1 heterocycles. The monoisotopic (exact) mass is 372 g/mol. The van der Waals surface area contributed by atoms with Crippen molar-refractivity contribution in [3.63, 3.8) is 0 Å². The summed E-state index contributed by atoms with van der Waals surface area (Å²) in [6.45, 7) is 0. The van der Waals surface area contributed by atoms with Gasteiger partial charge in [-0.1, -0.05) is 23.2 Å². The summed E-state index contributed by atoms with van der Waals surface area (Å²) in [5.74, 6) is 0. The van der Waals surface area contributed by atoms with Crippen LogP contribution in [0.4, 0.5) is 11.4 Å². The van der Waals surface area contributed by atoms with Gasteiger partial charge in [-0.2, -0.15) is 0 Å². The molecule has 12 heteroatoms. The first-order valence-electron chi connectivity index (χ1n) is 6.04. The predicted octanol–water partition coefficient (Wildman–Crippen LogP) is 2.36. The van der Waals surface area contributed by atoms with Gasteiger partial charge in [0.2, 0.25) is 0 Å². The summed E-state index contributed by atoms with van der Waals surface area (Å²) < 4.78 is 0. The minimum absolute atomic E-state index is 0.00274. The molecule has 10 nitrogen and oxygen atoms in total. The van der Waals surface area contributed by atoms with Crippen molar-refractivity contribution in [3.05, 3.63) is 74.5 Å². The van der Waals surface area contributed by atoms with Gasteiger partial charge in [0.1, 0.15) is 10.7 Å². The van der Waals surface area contributed by atoms with Crippen LogP contribution in [0.5, 0.6) is 0 Å². The molecule has 0 fully saturated rings. The Balaban J connectivity index is 2.64. The zero-order valence-corrected chi connectivity index (χ0v) is 12.9. The number of benzene rings is 1. The maximum Gasteiger partial charge on any atom is 0.357 e. The van der Waals surface area contributed by atoms with Crippen LogP contribution in [0, 0.1) is 20.2 Å². The van der Waals surface area contributed by atoms with Crippen molar-refractivity contribution in [2.75, 3.05) is 0 Å². The van der Waals surface area contributed by atoms with Crippen molar-refractivity contribution in [1.82, 2.24) is 9.97 Å². The van der Waals surface area contributed by atoms with Gasteiger partial charge in [0.25, 0.3) is 5.69 Å². The first-order chi connectivity index (χ1) is 11.2. The lowest BCUT2D eigenvalue weighted by molar-refractivity contribution is -0.386. The van der Waals surface area contributed by atoms with E-state index in [1.807, 2.05) is 0 Å². The Hall–Kier alpha value is -2.98. The van der Waals surface area contributed by atoms with Crippen molar-refractivity contribution in [1.29, 1.82) is 0 Å². The Morgan fingerprint density at radius 2 is 1.67 bits per heavy atom. The van der Waals surface area contributed by atoms with E-state index in [0.29, 0.717) is 0 Å². The molecule has 0 saturated heterocycles. The molecule has 0 spiro atoms. The minimum atomic E-state index is -1.19. The van der Waals surface area contributed by atoms with E-state index in [1.54, 1.807) is 4.98 Å². The molecule has 2 aromatic rings. The van der Waals surface area contributed by atoms with Crippen LogP contribution in [0.2, 0.25) is 10.0 Å². The van der Waals surface area contributed by atoms with E-state index >= 15 is 0 Å². The highest BCUT2D eigenvalue weighted by atomic mass is 35.5. The zero-order chi connectivity index (χ0) is 18.0. The van der Waals surface area contributed by atoms with Crippen LogP contribution in [0.3, 0.4) is 0 Å². The summed E-state index contributed by atoms with van der Waals surface area (Å²) >= 11 is 11.8. The number of aromatic nitrogens is 2. The van der Waals surface area contributed by atoms with E-state index in [2.05, 4.69) is 4.98 Å². The van der Waals surface area contributed by atoms with Gasteiger partial charge in [-0.15, -0.1) is 0 Å². The van der Waals surface area contributed by atoms with Gasteiger partial charge in [-0.25, -0.2) is 4.79 Å². The topological polar surface area (TPSA) is 152 Å². The Bertz CT molecular complexity index is 994. The quantitative estimate of drug-likeness (QED) is 0.620. The lowest BCUT2D eigenvalue weighted by Gasteiger charge is -2.03. The van der Waals surface area contributed by atoms with Crippen LogP contribution in [0.1, 0.15) is 11.3 Å². The van der Waals surface area contributed by atoms with Gasteiger partial charge in [0, 0.05) is 16.7 Å². The van der Waals surface area contributed by atoms with E-state index in [0.717, 1.165) is 18.2 Å². The highest BCUT2D eigenvalue weighted by molar-refractivity contribution is 6.38. The highest BCUT2D eigenvalue weighted by Gasteiger charge is 2.20. The van der Waals surface area contributed by atoms with Crippen molar-refractivity contribution in [3.8, 4) is 0 Å². The molecular weight excluding hydrogens is 367 g/mol. The lowest BCUT2D eigenvalue weighted by Crippen LogP contribution is -2.25. The van der Waals surface area contributed by atoms with Crippen LogP contribution in [-0.2, 0) is 0 Å². The standard InChI is InChI=1S/C12H6Cl2N4O6/c13-6-2-4-8(17(21)22)9(14)5(6)1-3-7-10(18(23)24)11(19)16-12(20)15-7/h1-4H,(H2,15,16,19,20). The molecule has 0 amide bonds. The van der Waals surface area contributed by atoms with Crippen molar-refractivity contribution in [2.45, 2.75) is 0 Å². The first kappa shape index (κ1) is 17.4. The van der Waals surface area contributed by atoms with Crippen molar-refractivity contribution >= 4 is 46.7 Å². The van der Waals surface area contributed by atoms with Gasteiger partial charge in [-0.05, 0) is 18.2 Å². The predicted molar refractivity (Wildman–Crippen MR) is 86.4 cm³/mol. The molecule has 0 aliphatic carbocycles. The molecule has 1 aromatic heterocycles. The number of hydrogen-bond donors (Lipinski definition) is 2. The third-order valence-electron chi connectivity index (χ3n) is 2.85. The SMILES string of the molecule is O=c1[nH]c(C=Cc2c(Cl)ccc([N+](=O)[O-])c2Cl)c([N+](=O)[O-])c(=O)[nH]1. The summed E-state index contributed by atoms with van der Waals surface area (Å²) in [5.41, 5.74) is -3.88. The highest BCUT2D eigenvalue weighted by Crippen LogP contribution is 2.34. The van der Waals surface area contributed by atoms with Gasteiger partial charge in [0.15, 0.2) is 0 Å². The van der Waals surface area contributed by atoms with Crippen molar-refractivity contribution in [2.24, 2.45) is 0 Å². The molecule has 24 heavy (non-hydrogen) atoms. The average Bonchev–Trinajstić information content (AvgIpc) is 2.45. The number of nitrogens with one attached hydrogen (secondary N) is 2. The first-order valence-corrected chi connectivity index (χ1v) is 6.79. The van der Waals surface area contributed by atoms with Crippen LogP contribution in [0.15, 0.2) is 21.7 Å². The van der Waals surface area contributed by atoms with Crippen LogP contribution >= 0.6 is 23.2 Å². The number of nitrogens with zero attached hydrogens (tertiary/aromatic N) is 2. The normalized spacial score (nSPS) is 10.9. The Morgan fingerprint density at radius 1 is 1.00 bits per heavy atom. The Labute approximate surface area is 141 Å². The number of H-pyrrole nitrogens is 2. The third kappa shape index (κ3) is 3.34. The Morgan fingerprint density at radius 3 is 2.25 bits per heavy atom. The molecule has 0 aliphatic heterocycles. The summed E-state index contributed by atoms with van der Waals surface area (Å²) in [6.07, 6.45) is 2.13. The second-order valence-corrected chi connectivity index (χ2v) is 5.10. The maximum absolute atomic E-state index is 11.5. The fourth-order valence-corrected chi connectivity index (χ4v) is 2.38. The van der Waals surface area contributed by atoms with E-state index in [9.17, 15) is 29.8 Å². The van der Waals surface area contributed by atoms with Gasteiger partial charge >= 0.3 is 16.9 Å². The molecule has 0 unspecified atom stereocenters. The summed E-state index contributed by atoms with van der Waals surface area (Å²) in [4.78, 5) is 46.7. The third-order valence-corrected chi connectivity index (χ3v) is 3.57. The summed E-state index contributed by atoms with van der Waals surface area (Å²) in [7, 11) is 0. The molecule has 0 radical (unpaired) electrons. The smallest absolute Gasteiger partial charge is 0.301 e. The van der Waals surface area contributed by atoms with E-state index in [4.69, 9.17) is 23.2 Å². The van der Waals surface area contributed by atoms with Crippen LogP contribution in [-0.4, -0.2) is 19.8 Å². The fraction of sp³-hybridized carbons (Fsp3) is 0. The second-order valence-electron chi connectivity index (χ2n) is 4.31. The number of hydrogen-bond acceptors (Lipinski definition) is 6. The van der Waals surface area contributed by atoms with Gasteiger partial charge in [-0.3, -0.25) is 30.0 Å². The molecule has 2 rings (SSSR count). The Kier molecular flexibility index (Phi) is 4.81. The number of aromatic amines is 2. The number of rotatable bonds is 4. The molecule has 1 aromatic carbocycles. The fourth-order valence-electron chi connectivity index (χ4n) is 1.82. The minimum Gasteiger partial charge on any atom is -0.301 e. The zero-order valence-electron chi connectivity index (χ0n) is 11.4. The summed E-state index contributed by atoms with van der Waals surface area (Å²) in [5, 5.41) is 21.5. The second kappa shape index (κ2) is 6.64. The van der Waals surface area contributed by atoms with E-state index < -0.39 is 38.2 Å². The molecule has 0 bridgehead atoms. The average molecular weight is 373 g/mol. The summed E-state index contributed by atoms with van der Waals surface area (Å²) in [6, 6.07) is 2.32. The van der Waals surface area contributed by atoms with Gasteiger partial charge < -0.3 is 4.98 Å². The molecular formula is C12H6Cl2N4O6. The molecule has 0 saturated carbocycles. The molecule has 2 N–H and O–H groups in total. The number of nitro groups is 2. The van der Waals surface area contributed by atoms with Gasteiger partial charge in [0.05, 0.1) is 9.85 Å². The van der Waals surface area contributed by atoms with Crippen LogP contribution in [0.25, 0.3) is 12.2 Å².